The smallest absolute Gasteiger partial charge is 0.257 e. The minimum Gasteiger partial charge on any atom is -0.384 e. The molecule has 0 radical (unpaired) electrons. The van der Waals surface area contributed by atoms with Crippen molar-refractivity contribution in [3.05, 3.63) is 59.4 Å². The summed E-state index contributed by atoms with van der Waals surface area (Å²) in [5, 5.41) is 21.4. The molecule has 4 aromatic heterocycles. The predicted octanol–water partition coefficient (Wildman–Crippen LogP) is 3.08. The van der Waals surface area contributed by atoms with Crippen LogP contribution >= 0.6 is 0 Å². The molecular formula is C27H30N8O3. The highest BCUT2D eigenvalue weighted by Crippen LogP contribution is 2.45. The summed E-state index contributed by atoms with van der Waals surface area (Å²) in [6.45, 7) is 4.87. The maximum atomic E-state index is 13.2. The lowest BCUT2D eigenvalue weighted by molar-refractivity contribution is 0.0568. The lowest BCUT2D eigenvalue weighted by Gasteiger charge is -2.39. The molecule has 11 nitrogen and oxygen atoms in total. The van der Waals surface area contributed by atoms with Gasteiger partial charge >= 0.3 is 0 Å². The fourth-order valence-corrected chi connectivity index (χ4v) is 6.06. The van der Waals surface area contributed by atoms with Crippen molar-refractivity contribution in [3.63, 3.8) is 0 Å². The van der Waals surface area contributed by atoms with Crippen LogP contribution in [-0.4, -0.2) is 63.6 Å². The Morgan fingerprint density at radius 1 is 1.13 bits per heavy atom. The number of ketones is 1. The molecule has 2 aliphatic heterocycles. The van der Waals surface area contributed by atoms with E-state index in [4.69, 9.17) is 10.7 Å². The second-order valence-corrected chi connectivity index (χ2v) is 10.9. The quantitative estimate of drug-likeness (QED) is 0.343. The fraction of sp³-hybridized carbons (Fsp3) is 0.407. The molecule has 38 heavy (non-hydrogen) atoms. The number of aromatic nitrogens is 6. The Morgan fingerprint density at radius 2 is 1.87 bits per heavy atom. The third kappa shape index (κ3) is 3.85. The van der Waals surface area contributed by atoms with Crippen LogP contribution in [0.15, 0.2) is 36.9 Å². The number of aromatic amines is 1. The van der Waals surface area contributed by atoms with E-state index in [9.17, 15) is 14.7 Å². The standard InChI is InChI=1S/C27H30N8O3/c1-14(36)22-23(16-8-18-5-6-19(9-16)34(18)26(37)17-11-30-31-12-17)33-25-20(13-32-35(25)24(22)28)15-4-7-21(29-10-15)27(2,3)38/h4,7,10-13,16,18-19,38H,5-6,8-9,28H2,1-3H3,(H,30,31)/t16-,18-,19+. The Morgan fingerprint density at radius 3 is 2.45 bits per heavy atom. The van der Waals surface area contributed by atoms with Crippen LogP contribution in [0.4, 0.5) is 5.82 Å². The maximum absolute atomic E-state index is 13.2. The molecule has 196 valence electrons. The fourth-order valence-electron chi connectivity index (χ4n) is 6.06. The third-order valence-corrected chi connectivity index (χ3v) is 7.86. The summed E-state index contributed by atoms with van der Waals surface area (Å²) in [4.78, 5) is 37.4. The molecular weight excluding hydrogens is 484 g/mol. The Balaban J connectivity index is 1.39. The number of H-pyrrole nitrogens is 1. The predicted molar refractivity (Wildman–Crippen MR) is 139 cm³/mol. The zero-order chi connectivity index (χ0) is 26.8. The molecule has 11 heteroatoms. The number of fused-ring (bicyclic) bond motifs is 3. The topological polar surface area (TPSA) is 155 Å². The first-order chi connectivity index (χ1) is 18.1. The van der Waals surface area contributed by atoms with Gasteiger partial charge in [-0.25, -0.2) is 4.98 Å². The van der Waals surface area contributed by atoms with Gasteiger partial charge in [0.25, 0.3) is 5.91 Å². The van der Waals surface area contributed by atoms with E-state index in [1.165, 1.54) is 11.4 Å². The Hall–Kier alpha value is -4.12. The number of hydrogen-bond acceptors (Lipinski definition) is 8. The molecule has 0 spiro atoms. The number of Topliss-reactive ketones (excluding diaryl/α,β-unsaturated/α-hetero) is 1. The van der Waals surface area contributed by atoms with Crippen molar-refractivity contribution in [1.82, 2.24) is 34.7 Å². The van der Waals surface area contributed by atoms with E-state index in [0.29, 0.717) is 41.0 Å². The van der Waals surface area contributed by atoms with Gasteiger partial charge in [-0.2, -0.15) is 14.7 Å². The molecule has 2 bridgehead atoms. The summed E-state index contributed by atoms with van der Waals surface area (Å²) in [5.41, 5.74) is 9.71. The van der Waals surface area contributed by atoms with Crippen LogP contribution in [0.3, 0.4) is 0 Å². The number of nitrogen functional groups attached to an aromatic ring is 1. The van der Waals surface area contributed by atoms with Gasteiger partial charge < -0.3 is 15.7 Å². The molecule has 4 N–H and O–H groups in total. The van der Waals surface area contributed by atoms with Crippen molar-refractivity contribution in [2.24, 2.45) is 0 Å². The van der Waals surface area contributed by atoms with Crippen LogP contribution in [-0.2, 0) is 5.60 Å². The summed E-state index contributed by atoms with van der Waals surface area (Å²) in [6, 6.07) is 3.76. The number of nitrogens with zero attached hydrogens (tertiary/aromatic N) is 6. The molecule has 2 fully saturated rings. The van der Waals surface area contributed by atoms with Crippen molar-refractivity contribution < 1.29 is 14.7 Å². The van der Waals surface area contributed by atoms with Crippen LogP contribution in [0.5, 0.6) is 0 Å². The first kappa shape index (κ1) is 24.2. The number of nitrogens with one attached hydrogen (secondary N) is 1. The number of nitrogens with two attached hydrogens (primary N) is 1. The van der Waals surface area contributed by atoms with Gasteiger partial charge in [0, 0.05) is 41.5 Å². The van der Waals surface area contributed by atoms with Gasteiger partial charge in [0.05, 0.1) is 34.9 Å². The molecule has 1 amide bonds. The summed E-state index contributed by atoms with van der Waals surface area (Å²) >= 11 is 0. The van der Waals surface area contributed by atoms with Crippen molar-refractivity contribution in [3.8, 4) is 11.1 Å². The van der Waals surface area contributed by atoms with Gasteiger partial charge in [-0.3, -0.25) is 19.7 Å². The average Bonchev–Trinajstić information content (AvgIpc) is 3.61. The van der Waals surface area contributed by atoms with Gasteiger partial charge in [-0.15, -0.1) is 0 Å². The number of piperidine rings is 1. The van der Waals surface area contributed by atoms with Gasteiger partial charge in [0.1, 0.15) is 11.4 Å². The largest absolute Gasteiger partial charge is 0.384 e. The molecule has 0 unspecified atom stereocenters. The molecule has 0 saturated carbocycles. The summed E-state index contributed by atoms with van der Waals surface area (Å²) in [7, 11) is 0. The second kappa shape index (κ2) is 8.73. The van der Waals surface area contributed by atoms with Gasteiger partial charge in [-0.05, 0) is 52.5 Å². The van der Waals surface area contributed by atoms with Crippen molar-refractivity contribution in [1.29, 1.82) is 0 Å². The molecule has 0 aromatic carbocycles. The highest BCUT2D eigenvalue weighted by atomic mass is 16.3. The Kier molecular flexibility index (Phi) is 5.56. The number of carbonyl (C=O) groups excluding carboxylic acids is 2. The molecule has 4 aromatic rings. The van der Waals surface area contributed by atoms with E-state index in [1.54, 1.807) is 44.7 Å². The van der Waals surface area contributed by atoms with Crippen LogP contribution in [0, 0.1) is 0 Å². The number of aliphatic hydroxyl groups is 1. The summed E-state index contributed by atoms with van der Waals surface area (Å²) in [6.07, 6.45) is 9.76. The summed E-state index contributed by atoms with van der Waals surface area (Å²) in [5.74, 6) is 0.0588. The Labute approximate surface area is 219 Å². The molecule has 2 aliphatic rings. The molecule has 2 saturated heterocycles. The molecule has 3 atom stereocenters. The SMILES string of the molecule is CC(=O)c1c([C@@H]2C[C@H]3CC[C@@H](C2)N3C(=O)c2cn[nH]c2)nc2c(-c3ccc(C(C)(C)O)nc3)cnn2c1N. The number of hydrogen-bond donors (Lipinski definition) is 3. The number of anilines is 1. The summed E-state index contributed by atoms with van der Waals surface area (Å²) < 4.78 is 1.51. The zero-order valence-electron chi connectivity index (χ0n) is 21.5. The van der Waals surface area contributed by atoms with Crippen molar-refractivity contribution in [2.45, 2.75) is 70.1 Å². The highest BCUT2D eigenvalue weighted by Gasteiger charge is 2.45. The van der Waals surface area contributed by atoms with E-state index >= 15 is 0 Å². The van der Waals surface area contributed by atoms with Gasteiger partial charge in [0.15, 0.2) is 11.4 Å². The third-order valence-electron chi connectivity index (χ3n) is 7.86. The van der Waals surface area contributed by atoms with E-state index in [-0.39, 0.29) is 35.5 Å². The molecule has 6 heterocycles. The number of pyridine rings is 1. The van der Waals surface area contributed by atoms with Crippen molar-refractivity contribution >= 4 is 23.2 Å². The number of rotatable bonds is 5. The average molecular weight is 515 g/mol. The monoisotopic (exact) mass is 514 g/mol. The lowest BCUT2D eigenvalue weighted by Crippen LogP contribution is -2.46. The second-order valence-electron chi connectivity index (χ2n) is 10.9. The van der Waals surface area contributed by atoms with E-state index in [2.05, 4.69) is 20.3 Å². The van der Waals surface area contributed by atoms with Gasteiger partial charge in [-0.1, -0.05) is 6.07 Å². The lowest BCUT2D eigenvalue weighted by atomic mass is 9.85. The minimum absolute atomic E-state index is 0.0144. The van der Waals surface area contributed by atoms with Gasteiger partial charge in [0.2, 0.25) is 0 Å². The molecule has 0 aliphatic carbocycles. The molecule has 6 rings (SSSR count). The Bertz CT molecular complexity index is 1520. The van der Waals surface area contributed by atoms with Crippen LogP contribution in [0.25, 0.3) is 16.8 Å². The van der Waals surface area contributed by atoms with E-state index in [0.717, 1.165) is 24.0 Å². The van der Waals surface area contributed by atoms with Crippen LogP contribution in [0.1, 0.15) is 84.5 Å². The van der Waals surface area contributed by atoms with Crippen molar-refractivity contribution in [2.75, 3.05) is 5.73 Å². The van der Waals surface area contributed by atoms with E-state index in [1.807, 2.05) is 11.0 Å². The first-order valence-corrected chi connectivity index (χ1v) is 12.8. The minimum atomic E-state index is -1.06. The number of amides is 1. The first-order valence-electron chi connectivity index (χ1n) is 12.8. The van der Waals surface area contributed by atoms with Crippen LogP contribution in [0.2, 0.25) is 0 Å². The normalized spacial score (nSPS) is 21.3. The van der Waals surface area contributed by atoms with Crippen LogP contribution < -0.4 is 5.73 Å². The maximum Gasteiger partial charge on any atom is 0.257 e. The zero-order valence-corrected chi connectivity index (χ0v) is 21.5. The van der Waals surface area contributed by atoms with E-state index < -0.39 is 5.60 Å². The highest BCUT2D eigenvalue weighted by molar-refractivity contribution is 6.00. The number of carbonyl (C=O) groups is 2.